The van der Waals surface area contributed by atoms with E-state index in [1.807, 2.05) is 6.07 Å². The van der Waals surface area contributed by atoms with Crippen molar-refractivity contribution in [1.29, 1.82) is 5.26 Å². The largest absolute Gasteiger partial charge is 0.504 e. The van der Waals surface area contributed by atoms with E-state index >= 15 is 0 Å². The van der Waals surface area contributed by atoms with E-state index in [0.29, 0.717) is 22.5 Å². The number of phenols is 2. The van der Waals surface area contributed by atoms with Gasteiger partial charge in [0.05, 0.1) is 66.6 Å². The van der Waals surface area contributed by atoms with Gasteiger partial charge in [0.2, 0.25) is 5.91 Å². The summed E-state index contributed by atoms with van der Waals surface area (Å²) in [5.41, 5.74) is 0.772. The maximum absolute atomic E-state index is 13.5. The second-order valence-electron chi connectivity index (χ2n) is 13.1. The number of aromatic amines is 1. The smallest absolute Gasteiger partial charge is 0.339 e. The number of nitriles is 1. The monoisotopic (exact) mass is 854 g/mol. The lowest BCUT2D eigenvalue weighted by Crippen LogP contribution is -2.45. The Kier molecular flexibility index (Phi) is 13.2. The van der Waals surface area contributed by atoms with Gasteiger partial charge >= 0.3 is 5.97 Å². The van der Waals surface area contributed by atoms with Crippen LogP contribution < -0.4 is 36.1 Å². The van der Waals surface area contributed by atoms with Gasteiger partial charge in [0.25, 0.3) is 23.6 Å². The van der Waals surface area contributed by atoms with E-state index < -0.39 is 58.6 Å². The third-order valence-electron chi connectivity index (χ3n) is 9.09. The van der Waals surface area contributed by atoms with Gasteiger partial charge in [0, 0.05) is 23.2 Å². The summed E-state index contributed by atoms with van der Waals surface area (Å²) in [6.07, 6.45) is 2.52. The number of amides is 5. The zero-order valence-corrected chi connectivity index (χ0v) is 32.9. The predicted molar refractivity (Wildman–Crippen MR) is 222 cm³/mol. The molecule has 6 aromatic rings. The molecule has 9 N–H and O–H groups in total. The van der Waals surface area contributed by atoms with E-state index in [4.69, 9.17) is 14.7 Å². The molecule has 4 aromatic carbocycles. The highest BCUT2D eigenvalue weighted by Crippen LogP contribution is 2.40. The van der Waals surface area contributed by atoms with Crippen LogP contribution in [0.15, 0.2) is 97.3 Å². The number of hydrogen-bond donors (Lipinski definition) is 9. The highest BCUT2D eigenvalue weighted by molar-refractivity contribution is 6.10. The number of carbonyl (C=O) groups is 6. The van der Waals surface area contributed by atoms with E-state index in [0.717, 1.165) is 13.2 Å². The number of ether oxygens (including phenoxy) is 2. The minimum atomic E-state index is -1.43. The Morgan fingerprint density at radius 1 is 0.683 bits per heavy atom. The molecular weight excluding hydrogens is 821 g/mol. The average molecular weight is 855 g/mol. The first kappa shape index (κ1) is 43.3. The number of aromatic nitrogens is 4. The zero-order chi connectivity index (χ0) is 45.2. The van der Waals surface area contributed by atoms with Crippen molar-refractivity contribution in [3.8, 4) is 29.1 Å². The number of carboxylic acids is 1. The van der Waals surface area contributed by atoms with Crippen LogP contribution in [0.25, 0.3) is 0 Å². The molecule has 0 saturated heterocycles. The lowest BCUT2D eigenvalue weighted by molar-refractivity contribution is -0.118. The standard InChI is InChI=1S/C42H34N10O11/c1-62-35-30(15-12-27(33(35)53)39(57)48-29-16-13-28(42(60)61)34(54)36(29)63-2)49-40(58)31-14-11-25(19-44-31)47-41(59)32(17-26-20-45-52-51-26)50-38(56)23-7-9-24(10-8-23)46-37(55)22-5-3-21(18-43)4-6-22/h3-16,19-20,32,53-54H,17H2,1-2H3,(H,46,55)(H,47,59)(H,48,57)(H,49,58)(H,50,56)(H,60,61)(H,45,51,52)/t32-/m0/s1. The number of rotatable bonds is 15. The molecule has 1 atom stereocenters. The number of aromatic hydroxyl groups is 2. The summed E-state index contributed by atoms with van der Waals surface area (Å²) in [5, 5.41) is 62.6. The maximum atomic E-state index is 13.5. The molecule has 2 aromatic heterocycles. The summed E-state index contributed by atoms with van der Waals surface area (Å²) in [4.78, 5) is 81.3. The van der Waals surface area contributed by atoms with E-state index in [1.165, 1.54) is 98.4 Å². The molecule has 0 saturated carbocycles. The first-order valence-electron chi connectivity index (χ1n) is 18.3. The van der Waals surface area contributed by atoms with Crippen LogP contribution in [0.5, 0.6) is 23.0 Å². The second-order valence-corrected chi connectivity index (χ2v) is 13.1. The number of hydrogen-bond acceptors (Lipinski definition) is 14. The zero-order valence-electron chi connectivity index (χ0n) is 32.9. The molecule has 21 nitrogen and oxygen atoms in total. The summed E-state index contributed by atoms with van der Waals surface area (Å²) >= 11 is 0. The normalized spacial score (nSPS) is 10.9. The Balaban J connectivity index is 1.09. The molecule has 2 heterocycles. The van der Waals surface area contributed by atoms with Crippen LogP contribution in [0, 0.1) is 11.3 Å². The van der Waals surface area contributed by atoms with Gasteiger partial charge in [-0.05, 0) is 84.9 Å². The van der Waals surface area contributed by atoms with Gasteiger partial charge < -0.3 is 51.4 Å². The molecule has 0 aliphatic heterocycles. The summed E-state index contributed by atoms with van der Waals surface area (Å²) < 4.78 is 10.3. The number of nitrogens with zero attached hydrogens (tertiary/aromatic N) is 4. The van der Waals surface area contributed by atoms with E-state index in [-0.39, 0.29) is 51.8 Å². The van der Waals surface area contributed by atoms with Crippen molar-refractivity contribution in [3.63, 3.8) is 0 Å². The van der Waals surface area contributed by atoms with Crippen molar-refractivity contribution < 1.29 is 53.6 Å². The maximum Gasteiger partial charge on any atom is 0.339 e. The quantitative estimate of drug-likeness (QED) is 0.0707. The summed E-state index contributed by atoms with van der Waals surface area (Å²) in [7, 11) is 2.34. The lowest BCUT2D eigenvalue weighted by atomic mass is 10.1. The van der Waals surface area contributed by atoms with Gasteiger partial charge in [-0.1, -0.05) is 0 Å². The van der Waals surface area contributed by atoms with Crippen molar-refractivity contribution in [2.45, 2.75) is 12.5 Å². The fraction of sp³-hybridized carbons (Fsp3) is 0.0952. The molecule has 318 valence electrons. The SMILES string of the molecule is COc1c(NC(=O)c2ccc(NC(=O)c3ccc(NC(=O)[C@H](Cc4cn[nH]n4)NC(=O)c4ccc(NC(=O)c5ccc(C#N)cc5)cc4)cn3)c(OC)c2O)ccc(C(=O)O)c1O. The number of benzene rings is 4. The third kappa shape index (κ3) is 10.1. The van der Waals surface area contributed by atoms with Gasteiger partial charge in [0.1, 0.15) is 17.3 Å². The van der Waals surface area contributed by atoms with E-state index in [9.17, 15) is 44.1 Å². The van der Waals surface area contributed by atoms with E-state index in [2.05, 4.69) is 47.0 Å². The number of methoxy groups -OCH3 is 2. The predicted octanol–water partition coefficient (Wildman–Crippen LogP) is 3.93. The molecule has 0 fully saturated rings. The minimum absolute atomic E-state index is 0.0503. The first-order valence-corrected chi connectivity index (χ1v) is 18.3. The van der Waals surface area contributed by atoms with Crippen molar-refractivity contribution in [2.24, 2.45) is 0 Å². The minimum Gasteiger partial charge on any atom is -0.504 e. The fourth-order valence-corrected chi connectivity index (χ4v) is 5.90. The Labute approximate surface area is 355 Å². The van der Waals surface area contributed by atoms with Crippen LogP contribution in [0.4, 0.5) is 22.7 Å². The number of pyridine rings is 1. The molecular formula is C42H34N10O11. The van der Waals surface area contributed by atoms with Crippen LogP contribution in [-0.4, -0.2) is 91.5 Å². The molecule has 0 unspecified atom stereocenters. The number of anilines is 4. The van der Waals surface area contributed by atoms with Crippen LogP contribution >= 0.6 is 0 Å². The van der Waals surface area contributed by atoms with Crippen LogP contribution in [0.1, 0.15) is 63.2 Å². The van der Waals surface area contributed by atoms with Gasteiger partial charge in [0.15, 0.2) is 23.0 Å². The van der Waals surface area contributed by atoms with Crippen LogP contribution in [-0.2, 0) is 11.2 Å². The fourth-order valence-electron chi connectivity index (χ4n) is 5.90. The molecule has 0 aliphatic carbocycles. The summed E-state index contributed by atoms with van der Waals surface area (Å²) in [5.74, 6) is -6.81. The number of carboxylic acid groups (broad SMARTS) is 1. The Hall–Kier alpha value is -9.32. The molecule has 63 heavy (non-hydrogen) atoms. The van der Waals surface area contributed by atoms with Crippen LogP contribution in [0.2, 0.25) is 0 Å². The molecule has 0 aliphatic rings. The van der Waals surface area contributed by atoms with Gasteiger partial charge in [-0.25, -0.2) is 9.78 Å². The van der Waals surface area contributed by atoms with Crippen molar-refractivity contribution in [2.75, 3.05) is 35.5 Å². The Bertz CT molecular complexity index is 2750. The average Bonchev–Trinajstić information content (AvgIpc) is 3.80. The molecule has 0 spiro atoms. The second kappa shape index (κ2) is 19.2. The highest BCUT2D eigenvalue weighted by Gasteiger charge is 2.26. The highest BCUT2D eigenvalue weighted by atomic mass is 16.5. The van der Waals surface area contributed by atoms with Gasteiger partial charge in [-0.2, -0.15) is 20.7 Å². The number of nitrogens with one attached hydrogen (secondary N) is 6. The molecule has 21 heteroatoms. The van der Waals surface area contributed by atoms with Crippen molar-refractivity contribution >= 4 is 58.3 Å². The number of aromatic carboxylic acids is 1. The molecule has 0 bridgehead atoms. The topological polar surface area (TPSA) is 320 Å². The Morgan fingerprint density at radius 3 is 1.84 bits per heavy atom. The number of carbonyl (C=O) groups excluding carboxylic acids is 5. The van der Waals surface area contributed by atoms with Crippen LogP contribution in [0.3, 0.4) is 0 Å². The lowest BCUT2D eigenvalue weighted by Gasteiger charge is -2.18. The first-order chi connectivity index (χ1) is 30.3. The molecule has 5 amide bonds. The van der Waals surface area contributed by atoms with E-state index in [1.54, 1.807) is 0 Å². The summed E-state index contributed by atoms with van der Waals surface area (Å²) in [6.45, 7) is 0. The van der Waals surface area contributed by atoms with Crippen molar-refractivity contribution in [1.82, 2.24) is 25.7 Å². The van der Waals surface area contributed by atoms with Gasteiger partial charge in [-0.3, -0.25) is 24.0 Å². The number of H-pyrrole nitrogens is 1. The Morgan fingerprint density at radius 2 is 1.27 bits per heavy atom. The molecule has 6 rings (SSSR count). The summed E-state index contributed by atoms with van der Waals surface area (Å²) in [6, 6.07) is 20.2. The van der Waals surface area contributed by atoms with Gasteiger partial charge in [-0.15, -0.1) is 0 Å². The molecule has 0 radical (unpaired) electrons. The third-order valence-corrected chi connectivity index (χ3v) is 9.09. The van der Waals surface area contributed by atoms with Crippen molar-refractivity contribution in [3.05, 3.63) is 137 Å². The number of phenolic OH excluding ortho intramolecular Hbond substituents is 1.